The predicted molar refractivity (Wildman–Crippen MR) is 59.6 cm³/mol. The maximum Gasteiger partial charge on any atom is 0.265 e. The molecule has 0 N–H and O–H groups in total. The Morgan fingerprint density at radius 3 is 2.69 bits per heavy atom. The lowest BCUT2D eigenvalue weighted by molar-refractivity contribution is 0.150. The second-order valence-corrected chi connectivity index (χ2v) is 4.26. The van der Waals surface area contributed by atoms with Crippen molar-refractivity contribution in [3.05, 3.63) is 26.0 Å². The van der Waals surface area contributed by atoms with Crippen molar-refractivity contribution in [2.45, 2.75) is 11.8 Å². The highest BCUT2D eigenvalue weighted by Gasteiger charge is 2.16. The Kier molecular flexibility index (Phi) is 4.31. The molecule has 0 bridgehead atoms. The molecule has 0 saturated heterocycles. The highest BCUT2D eigenvalue weighted by atomic mass is 127. The molecule has 0 fully saturated rings. The van der Waals surface area contributed by atoms with Crippen molar-refractivity contribution in [2.24, 2.45) is 0 Å². The average molecular weight is 382 g/mol. The fraction of sp³-hybridized carbons (Fsp3) is 0.286. The average Bonchev–Trinajstić information content (AvgIpc) is 2.08. The van der Waals surface area contributed by atoms with E-state index in [9.17, 15) is 8.78 Å². The third kappa shape index (κ3) is 2.73. The van der Waals surface area contributed by atoms with Crippen LogP contribution in [0.25, 0.3) is 0 Å². The summed E-state index contributed by atoms with van der Waals surface area (Å²) in [6.07, 6.45) is -2.51. The summed E-state index contributed by atoms with van der Waals surface area (Å²) in [7, 11) is 0. The second kappa shape index (κ2) is 4.84. The number of hydrogen-bond acceptors (Lipinski definition) is 1. The highest BCUT2D eigenvalue weighted by molar-refractivity contribution is 14.1. The summed E-state index contributed by atoms with van der Waals surface area (Å²) in [5.41, 5.74) is 0.485. The normalized spacial score (nSPS) is 10.9. The van der Waals surface area contributed by atoms with E-state index in [0.717, 1.165) is 0 Å². The fourth-order valence-corrected chi connectivity index (χ4v) is 2.67. The van der Waals surface area contributed by atoms with Crippen molar-refractivity contribution in [3.8, 4) is 0 Å². The van der Waals surface area contributed by atoms with Crippen LogP contribution in [0.5, 0.6) is 0 Å². The Labute approximate surface area is 101 Å². The first kappa shape index (κ1) is 11.6. The van der Waals surface area contributed by atoms with Crippen LogP contribution in [-0.2, 0) is 5.33 Å². The van der Waals surface area contributed by atoms with Crippen LogP contribution in [0, 0.1) is 3.57 Å². The van der Waals surface area contributed by atoms with E-state index in [4.69, 9.17) is 11.6 Å². The molecule has 6 heteroatoms. The van der Waals surface area contributed by atoms with Crippen molar-refractivity contribution in [2.75, 3.05) is 0 Å². The highest BCUT2D eigenvalue weighted by Crippen LogP contribution is 2.29. The van der Waals surface area contributed by atoms with Crippen molar-refractivity contribution in [3.63, 3.8) is 0 Å². The monoisotopic (exact) mass is 381 g/mol. The molecule has 0 aliphatic heterocycles. The molecule has 1 heterocycles. The zero-order valence-corrected chi connectivity index (χ0v) is 10.7. The minimum absolute atomic E-state index is 0.0601. The van der Waals surface area contributed by atoms with Crippen molar-refractivity contribution in [1.82, 2.24) is 4.98 Å². The molecule has 0 aliphatic rings. The Bertz CT molecular complexity index is 322. The molecular formula is C7H4BrClF2IN. The molecule has 1 aromatic rings. The molecule has 0 spiro atoms. The van der Waals surface area contributed by atoms with Crippen LogP contribution in [0.1, 0.15) is 17.7 Å². The number of aromatic nitrogens is 1. The molecule has 0 radical (unpaired) electrons. The Balaban J connectivity index is 3.27. The van der Waals surface area contributed by atoms with Gasteiger partial charge in [-0.2, -0.15) is 0 Å². The first-order valence-electron chi connectivity index (χ1n) is 3.25. The van der Waals surface area contributed by atoms with Gasteiger partial charge in [0.15, 0.2) is 0 Å². The number of alkyl halides is 3. The number of nitrogens with zero attached hydrogens (tertiary/aromatic N) is 1. The Morgan fingerprint density at radius 2 is 2.23 bits per heavy atom. The van der Waals surface area contributed by atoms with Crippen molar-refractivity contribution >= 4 is 50.1 Å². The third-order valence-electron chi connectivity index (χ3n) is 1.38. The summed E-state index contributed by atoms with van der Waals surface area (Å²) in [4.78, 5) is 3.91. The van der Waals surface area contributed by atoms with Crippen LogP contribution in [0.4, 0.5) is 8.78 Å². The molecule has 1 nitrogen and oxygen atoms in total. The molecule has 0 aromatic carbocycles. The Hall–Kier alpha value is 0.510. The largest absolute Gasteiger partial charge is 0.265 e. The van der Waals surface area contributed by atoms with Crippen LogP contribution < -0.4 is 0 Å². The fourth-order valence-electron chi connectivity index (χ4n) is 0.816. The van der Waals surface area contributed by atoms with E-state index < -0.39 is 6.43 Å². The zero-order valence-electron chi connectivity index (χ0n) is 6.20. The van der Waals surface area contributed by atoms with Gasteiger partial charge in [-0.1, -0.05) is 27.5 Å². The number of pyridine rings is 1. The van der Waals surface area contributed by atoms with Gasteiger partial charge in [0, 0.05) is 14.5 Å². The van der Waals surface area contributed by atoms with Gasteiger partial charge >= 0.3 is 0 Å². The maximum atomic E-state index is 12.4. The van der Waals surface area contributed by atoms with Gasteiger partial charge in [0.1, 0.15) is 5.15 Å². The summed E-state index contributed by atoms with van der Waals surface area (Å²) in [6.45, 7) is 0. The van der Waals surface area contributed by atoms with E-state index in [1.807, 2.05) is 22.6 Å². The summed E-state index contributed by atoms with van der Waals surface area (Å²) in [5, 5.41) is 0.524. The SMILES string of the molecule is FC(F)c1cc(Cl)nc(CBr)c1I. The molecule has 72 valence electrons. The second-order valence-electron chi connectivity index (χ2n) is 2.23. The van der Waals surface area contributed by atoms with Gasteiger partial charge < -0.3 is 0 Å². The van der Waals surface area contributed by atoms with Crippen LogP contribution in [0.3, 0.4) is 0 Å². The molecule has 1 rings (SSSR count). The van der Waals surface area contributed by atoms with Crippen LogP contribution >= 0.6 is 50.1 Å². The van der Waals surface area contributed by atoms with E-state index in [2.05, 4.69) is 20.9 Å². The third-order valence-corrected chi connectivity index (χ3v) is 3.36. The molecule has 1 aromatic heterocycles. The van der Waals surface area contributed by atoms with E-state index in [1.165, 1.54) is 6.07 Å². The van der Waals surface area contributed by atoms with E-state index in [-0.39, 0.29) is 10.7 Å². The smallest absolute Gasteiger partial charge is 0.239 e. The number of hydrogen-bond donors (Lipinski definition) is 0. The summed E-state index contributed by atoms with van der Waals surface area (Å²) in [5.74, 6) is 0. The molecule has 0 unspecified atom stereocenters. The molecule has 0 saturated carbocycles. The lowest BCUT2D eigenvalue weighted by atomic mass is 10.2. The van der Waals surface area contributed by atoms with E-state index in [0.29, 0.717) is 14.6 Å². The molecular weight excluding hydrogens is 378 g/mol. The van der Waals surface area contributed by atoms with Gasteiger partial charge in [-0.15, -0.1) is 0 Å². The van der Waals surface area contributed by atoms with Gasteiger partial charge in [0.05, 0.1) is 5.69 Å². The van der Waals surface area contributed by atoms with Crippen LogP contribution in [0.15, 0.2) is 6.07 Å². The minimum atomic E-state index is -2.51. The van der Waals surface area contributed by atoms with Gasteiger partial charge in [-0.05, 0) is 28.7 Å². The lowest BCUT2D eigenvalue weighted by Gasteiger charge is -2.07. The van der Waals surface area contributed by atoms with E-state index in [1.54, 1.807) is 0 Å². The number of rotatable bonds is 2. The first-order chi connectivity index (χ1) is 6.06. The van der Waals surface area contributed by atoms with Crippen LogP contribution in [-0.4, -0.2) is 4.98 Å². The van der Waals surface area contributed by atoms with Gasteiger partial charge in [-0.25, -0.2) is 13.8 Å². The molecule has 0 atom stereocenters. The number of halogens is 5. The standard InChI is InChI=1S/C7H4BrClF2IN/c8-2-4-6(12)3(7(10)11)1-5(9)13-4/h1,7H,2H2. The lowest BCUT2D eigenvalue weighted by Crippen LogP contribution is -1.98. The summed E-state index contributed by atoms with van der Waals surface area (Å²) < 4.78 is 25.3. The van der Waals surface area contributed by atoms with Crippen LogP contribution in [0.2, 0.25) is 5.15 Å². The molecule has 0 amide bonds. The van der Waals surface area contributed by atoms with Gasteiger partial charge in [0.25, 0.3) is 6.43 Å². The van der Waals surface area contributed by atoms with E-state index >= 15 is 0 Å². The van der Waals surface area contributed by atoms with Crippen molar-refractivity contribution in [1.29, 1.82) is 0 Å². The zero-order chi connectivity index (χ0) is 10.0. The molecule has 0 aliphatic carbocycles. The Morgan fingerprint density at radius 1 is 1.62 bits per heavy atom. The summed E-state index contributed by atoms with van der Waals surface area (Å²) >= 11 is 10.6. The summed E-state index contributed by atoms with van der Waals surface area (Å²) in [6, 6.07) is 1.19. The quantitative estimate of drug-likeness (QED) is 0.425. The molecule has 13 heavy (non-hydrogen) atoms. The maximum absolute atomic E-state index is 12.4. The van der Waals surface area contributed by atoms with Gasteiger partial charge in [-0.3, -0.25) is 0 Å². The van der Waals surface area contributed by atoms with Gasteiger partial charge in [0.2, 0.25) is 0 Å². The first-order valence-corrected chi connectivity index (χ1v) is 5.83. The minimum Gasteiger partial charge on any atom is -0.239 e. The topological polar surface area (TPSA) is 12.9 Å². The van der Waals surface area contributed by atoms with Crippen molar-refractivity contribution < 1.29 is 8.78 Å². The predicted octanol–water partition coefficient (Wildman–Crippen LogP) is 4.17.